The average molecular weight is 430 g/mol. The fraction of sp³-hybridized carbons (Fsp3) is 0.591. The molecule has 4 heterocycles. The first-order chi connectivity index (χ1) is 14.6. The van der Waals surface area contributed by atoms with Crippen LogP contribution in [0.1, 0.15) is 63.0 Å². The van der Waals surface area contributed by atoms with Gasteiger partial charge >= 0.3 is 0 Å². The maximum absolute atomic E-state index is 6.48. The van der Waals surface area contributed by atoms with Gasteiger partial charge < -0.3 is 14.2 Å². The van der Waals surface area contributed by atoms with Crippen molar-refractivity contribution in [3.8, 4) is 5.95 Å². The van der Waals surface area contributed by atoms with Crippen LogP contribution in [0.3, 0.4) is 0 Å². The monoisotopic (exact) mass is 429 g/mol. The van der Waals surface area contributed by atoms with Gasteiger partial charge in [0.2, 0.25) is 5.89 Å². The van der Waals surface area contributed by atoms with E-state index in [1.807, 2.05) is 18.2 Å². The Labute approximate surface area is 181 Å². The Morgan fingerprint density at radius 1 is 1.10 bits per heavy atom. The van der Waals surface area contributed by atoms with Crippen LogP contribution in [0.15, 0.2) is 22.7 Å². The summed E-state index contributed by atoms with van der Waals surface area (Å²) in [4.78, 5) is 7.34. The van der Waals surface area contributed by atoms with Crippen molar-refractivity contribution >= 4 is 22.5 Å². The maximum atomic E-state index is 6.48. The number of fused-ring (bicyclic) bond motifs is 1. The van der Waals surface area contributed by atoms with Crippen molar-refractivity contribution < 1.29 is 9.26 Å². The molecule has 5 rings (SSSR count). The van der Waals surface area contributed by atoms with Crippen molar-refractivity contribution in [1.82, 2.24) is 24.8 Å². The summed E-state index contributed by atoms with van der Waals surface area (Å²) in [6, 6.07) is 6.49. The quantitative estimate of drug-likeness (QED) is 0.606. The average Bonchev–Trinajstić information content (AvgIpc) is 3.40. The van der Waals surface area contributed by atoms with Gasteiger partial charge in [0.15, 0.2) is 0 Å². The first kappa shape index (κ1) is 20.0. The highest BCUT2D eigenvalue weighted by atomic mass is 35.5. The fourth-order valence-corrected chi connectivity index (χ4v) is 5.02. The van der Waals surface area contributed by atoms with E-state index < -0.39 is 0 Å². The topological polar surface area (TPSA) is 69.2 Å². The van der Waals surface area contributed by atoms with Gasteiger partial charge in [-0.2, -0.15) is 14.8 Å². The number of likely N-dealkylation sites (tertiary alicyclic amines) is 1. The van der Waals surface area contributed by atoms with Gasteiger partial charge in [-0.05, 0) is 62.0 Å². The van der Waals surface area contributed by atoms with E-state index in [2.05, 4.69) is 23.9 Å². The highest BCUT2D eigenvalue weighted by Gasteiger charge is 2.30. The maximum Gasteiger partial charge on any atom is 0.291 e. The first-order valence-corrected chi connectivity index (χ1v) is 11.3. The summed E-state index contributed by atoms with van der Waals surface area (Å²) in [6.45, 7) is 8.15. The van der Waals surface area contributed by atoms with Crippen molar-refractivity contribution in [3.63, 3.8) is 0 Å². The number of aromatic nitrogens is 4. The largest absolute Gasteiger partial charge is 0.381 e. The van der Waals surface area contributed by atoms with Gasteiger partial charge in [-0.1, -0.05) is 31.5 Å². The van der Waals surface area contributed by atoms with Gasteiger partial charge in [-0.15, -0.1) is 0 Å². The lowest BCUT2D eigenvalue weighted by Crippen LogP contribution is -2.43. The molecule has 0 radical (unpaired) electrons. The van der Waals surface area contributed by atoms with Crippen LogP contribution in [-0.4, -0.2) is 57.2 Å². The molecule has 0 saturated carbocycles. The van der Waals surface area contributed by atoms with Gasteiger partial charge in [0.25, 0.3) is 5.95 Å². The Balaban J connectivity index is 1.36. The molecule has 0 bridgehead atoms. The molecule has 2 fully saturated rings. The van der Waals surface area contributed by atoms with E-state index >= 15 is 0 Å². The van der Waals surface area contributed by atoms with Crippen LogP contribution in [0.25, 0.3) is 16.9 Å². The number of benzene rings is 1. The predicted molar refractivity (Wildman–Crippen MR) is 115 cm³/mol. The SMILES string of the molecule is CC(C)c1nn(-c2noc(C3CCN(C4CCOCC4)CC3)n2)c2cccc(Cl)c12. The van der Waals surface area contributed by atoms with Crippen LogP contribution in [0, 0.1) is 0 Å². The number of hydrogen-bond acceptors (Lipinski definition) is 6. The zero-order chi connectivity index (χ0) is 20.7. The van der Waals surface area contributed by atoms with E-state index in [1.54, 1.807) is 4.68 Å². The van der Waals surface area contributed by atoms with E-state index in [0.717, 1.165) is 68.6 Å². The lowest BCUT2D eigenvalue weighted by molar-refractivity contribution is 0.0239. The highest BCUT2D eigenvalue weighted by molar-refractivity contribution is 6.35. The zero-order valence-electron chi connectivity index (χ0n) is 17.6. The van der Waals surface area contributed by atoms with Gasteiger partial charge in [0.1, 0.15) is 0 Å². The molecular weight excluding hydrogens is 402 g/mol. The van der Waals surface area contributed by atoms with Crippen molar-refractivity contribution in [2.45, 2.75) is 57.4 Å². The molecule has 2 aliphatic rings. The summed E-state index contributed by atoms with van der Waals surface area (Å²) < 4.78 is 13.0. The number of rotatable bonds is 4. The number of ether oxygens (including phenoxy) is 1. The molecule has 0 aliphatic carbocycles. The molecule has 8 heteroatoms. The van der Waals surface area contributed by atoms with E-state index in [1.165, 1.54) is 0 Å². The second kappa shape index (κ2) is 8.29. The molecule has 0 spiro atoms. The van der Waals surface area contributed by atoms with E-state index in [0.29, 0.717) is 28.8 Å². The van der Waals surface area contributed by atoms with Crippen LogP contribution in [-0.2, 0) is 4.74 Å². The van der Waals surface area contributed by atoms with E-state index in [9.17, 15) is 0 Å². The first-order valence-electron chi connectivity index (χ1n) is 10.9. The lowest BCUT2D eigenvalue weighted by atomic mass is 9.94. The number of hydrogen-bond donors (Lipinski definition) is 0. The van der Waals surface area contributed by atoms with Crippen LogP contribution in [0.4, 0.5) is 0 Å². The molecule has 2 saturated heterocycles. The molecular formula is C22H28ClN5O2. The molecule has 0 amide bonds. The summed E-state index contributed by atoms with van der Waals surface area (Å²) in [5.41, 5.74) is 1.86. The summed E-state index contributed by atoms with van der Waals surface area (Å²) in [7, 11) is 0. The van der Waals surface area contributed by atoms with Crippen LogP contribution < -0.4 is 0 Å². The highest BCUT2D eigenvalue weighted by Crippen LogP contribution is 2.33. The lowest BCUT2D eigenvalue weighted by Gasteiger charge is -2.38. The Morgan fingerprint density at radius 3 is 2.60 bits per heavy atom. The molecule has 0 unspecified atom stereocenters. The summed E-state index contributed by atoms with van der Waals surface area (Å²) in [6.07, 6.45) is 4.37. The Morgan fingerprint density at radius 2 is 1.87 bits per heavy atom. The van der Waals surface area contributed by atoms with Crippen molar-refractivity contribution in [2.75, 3.05) is 26.3 Å². The van der Waals surface area contributed by atoms with Gasteiger partial charge in [0, 0.05) is 30.6 Å². The minimum absolute atomic E-state index is 0.245. The molecule has 0 atom stereocenters. The number of piperidine rings is 1. The zero-order valence-corrected chi connectivity index (χ0v) is 18.3. The number of halogens is 1. The Bertz CT molecular complexity index is 1020. The molecule has 30 heavy (non-hydrogen) atoms. The summed E-state index contributed by atoms with van der Waals surface area (Å²) >= 11 is 6.48. The van der Waals surface area contributed by atoms with Crippen molar-refractivity contribution in [2.24, 2.45) is 0 Å². The Kier molecular flexibility index (Phi) is 5.52. The van der Waals surface area contributed by atoms with Crippen LogP contribution in [0.2, 0.25) is 5.02 Å². The van der Waals surface area contributed by atoms with Crippen LogP contribution >= 0.6 is 11.6 Å². The molecule has 160 valence electrons. The molecule has 3 aromatic rings. The standard InChI is InChI=1S/C22H28ClN5O2/c1-14(2)20-19-17(23)4-3-5-18(19)28(25-20)22-24-21(30-26-22)15-6-10-27(11-7-15)16-8-12-29-13-9-16/h3-5,14-16H,6-13H2,1-2H3. The fourth-order valence-electron chi connectivity index (χ4n) is 4.75. The molecule has 1 aromatic carbocycles. The normalized spacial score (nSPS) is 19.9. The van der Waals surface area contributed by atoms with E-state index in [4.69, 9.17) is 30.9 Å². The smallest absolute Gasteiger partial charge is 0.291 e. The molecule has 2 aliphatic heterocycles. The molecule has 2 aromatic heterocycles. The summed E-state index contributed by atoms with van der Waals surface area (Å²) in [5, 5.41) is 10.7. The third kappa shape index (κ3) is 3.63. The minimum atomic E-state index is 0.245. The second-order valence-corrected chi connectivity index (χ2v) is 9.08. The third-order valence-electron chi connectivity index (χ3n) is 6.44. The molecule has 7 nitrogen and oxygen atoms in total. The second-order valence-electron chi connectivity index (χ2n) is 8.67. The third-order valence-corrected chi connectivity index (χ3v) is 6.75. The van der Waals surface area contributed by atoms with Gasteiger partial charge in [-0.25, -0.2) is 0 Å². The van der Waals surface area contributed by atoms with E-state index in [-0.39, 0.29) is 5.92 Å². The Hall–Kier alpha value is -1.96. The molecule has 0 N–H and O–H groups in total. The van der Waals surface area contributed by atoms with Crippen molar-refractivity contribution in [1.29, 1.82) is 0 Å². The van der Waals surface area contributed by atoms with Crippen LogP contribution in [0.5, 0.6) is 0 Å². The number of nitrogens with zero attached hydrogens (tertiary/aromatic N) is 5. The summed E-state index contributed by atoms with van der Waals surface area (Å²) in [5.74, 6) is 1.75. The van der Waals surface area contributed by atoms with Gasteiger partial charge in [-0.3, -0.25) is 0 Å². The predicted octanol–water partition coefficient (Wildman–Crippen LogP) is 4.54. The van der Waals surface area contributed by atoms with Crippen molar-refractivity contribution in [3.05, 3.63) is 34.8 Å². The minimum Gasteiger partial charge on any atom is -0.381 e. The van der Waals surface area contributed by atoms with Gasteiger partial charge in [0.05, 0.1) is 16.2 Å².